The zero-order valence-corrected chi connectivity index (χ0v) is 11.7. The first-order valence-electron chi connectivity index (χ1n) is 7.52. The molecule has 1 fully saturated rings. The predicted octanol–water partition coefficient (Wildman–Crippen LogP) is 3.54. The largest absolute Gasteiger partial charge is 0.264 e. The van der Waals surface area contributed by atoms with Gasteiger partial charge in [0, 0.05) is 25.4 Å². The molecule has 2 heteroatoms. The van der Waals surface area contributed by atoms with Gasteiger partial charge in [-0.25, -0.2) is 4.57 Å². The Hall–Kier alpha value is -1.70. The molecule has 0 radical (unpaired) electrons. The predicted molar refractivity (Wildman–Crippen MR) is 76.8 cm³/mol. The van der Waals surface area contributed by atoms with Crippen molar-refractivity contribution in [3.63, 3.8) is 0 Å². The van der Waals surface area contributed by atoms with Crippen molar-refractivity contribution in [3.05, 3.63) is 47.9 Å². The fourth-order valence-corrected chi connectivity index (χ4v) is 3.04. The van der Waals surface area contributed by atoms with Crippen molar-refractivity contribution >= 4 is 0 Å². The summed E-state index contributed by atoms with van der Waals surface area (Å²) in [5.41, 5.74) is 4.69. The molecule has 1 aliphatic carbocycles. The number of aryl methyl sites for hydroxylation is 2. The minimum absolute atomic E-state index is 0.427. The molecule has 0 spiro atoms. The van der Waals surface area contributed by atoms with Crippen molar-refractivity contribution in [3.8, 4) is 11.3 Å². The van der Waals surface area contributed by atoms with Crippen LogP contribution < -0.4 is 4.57 Å². The second-order valence-corrected chi connectivity index (χ2v) is 5.38. The SMILES string of the molecule is [2H]C1(c2ccc[n+](C)c2-c2ccncc2C)CCCC1. The van der Waals surface area contributed by atoms with Crippen LogP contribution in [0.3, 0.4) is 0 Å². The van der Waals surface area contributed by atoms with Gasteiger partial charge >= 0.3 is 0 Å². The fourth-order valence-electron chi connectivity index (χ4n) is 3.04. The van der Waals surface area contributed by atoms with Crippen molar-refractivity contribution in [1.29, 1.82) is 0 Å². The van der Waals surface area contributed by atoms with Gasteiger partial charge in [0.25, 0.3) is 0 Å². The number of rotatable bonds is 2. The first-order chi connectivity index (χ1) is 9.62. The first kappa shape index (κ1) is 11.2. The van der Waals surface area contributed by atoms with Gasteiger partial charge in [0.2, 0.25) is 5.69 Å². The maximum absolute atomic E-state index is 8.85. The first-order valence-corrected chi connectivity index (χ1v) is 7.02. The molecule has 2 heterocycles. The molecular weight excluding hydrogens is 232 g/mol. The van der Waals surface area contributed by atoms with Crippen LogP contribution in [0.15, 0.2) is 36.8 Å². The van der Waals surface area contributed by atoms with Gasteiger partial charge in [-0.3, -0.25) is 4.98 Å². The molecule has 0 amide bonds. The number of nitrogens with zero attached hydrogens (tertiary/aromatic N) is 2. The van der Waals surface area contributed by atoms with E-state index in [9.17, 15) is 0 Å². The van der Waals surface area contributed by atoms with Crippen LogP contribution in [-0.4, -0.2) is 4.98 Å². The summed E-state index contributed by atoms with van der Waals surface area (Å²) >= 11 is 0. The lowest BCUT2D eigenvalue weighted by molar-refractivity contribution is -0.660. The van der Waals surface area contributed by atoms with Crippen LogP contribution in [-0.2, 0) is 7.05 Å². The van der Waals surface area contributed by atoms with E-state index in [1.54, 1.807) is 0 Å². The van der Waals surface area contributed by atoms with Crippen LogP contribution in [0.1, 0.15) is 44.1 Å². The molecule has 1 aliphatic rings. The molecule has 98 valence electrons. The van der Waals surface area contributed by atoms with Crippen LogP contribution in [0.5, 0.6) is 0 Å². The molecule has 3 rings (SSSR count). The van der Waals surface area contributed by atoms with Crippen LogP contribution in [0.2, 0.25) is 0 Å². The van der Waals surface area contributed by atoms with E-state index in [1.165, 1.54) is 11.3 Å². The van der Waals surface area contributed by atoms with Gasteiger partial charge in [0.15, 0.2) is 6.20 Å². The normalized spacial score (nSPS) is 18.3. The minimum Gasteiger partial charge on any atom is -0.264 e. The van der Waals surface area contributed by atoms with Gasteiger partial charge < -0.3 is 0 Å². The van der Waals surface area contributed by atoms with E-state index in [4.69, 9.17) is 1.37 Å². The third-order valence-electron chi connectivity index (χ3n) is 4.04. The smallest absolute Gasteiger partial charge is 0.216 e. The Morgan fingerprint density at radius 1 is 1.32 bits per heavy atom. The molecule has 0 atom stereocenters. The van der Waals surface area contributed by atoms with E-state index >= 15 is 0 Å². The van der Waals surface area contributed by atoms with Gasteiger partial charge in [0.05, 0.1) is 5.56 Å². The zero-order chi connectivity index (χ0) is 14.2. The third-order valence-corrected chi connectivity index (χ3v) is 4.04. The lowest BCUT2D eigenvalue weighted by atomic mass is 9.92. The molecule has 0 saturated heterocycles. The van der Waals surface area contributed by atoms with E-state index in [0.29, 0.717) is 0 Å². The van der Waals surface area contributed by atoms with E-state index < -0.39 is 5.89 Å². The molecule has 0 unspecified atom stereocenters. The lowest BCUT2D eigenvalue weighted by Gasteiger charge is -2.14. The summed E-state index contributed by atoms with van der Waals surface area (Å²) < 4.78 is 11.0. The molecule has 2 aromatic rings. The van der Waals surface area contributed by atoms with E-state index in [2.05, 4.69) is 47.9 Å². The molecule has 0 aliphatic heterocycles. The van der Waals surface area contributed by atoms with Crippen LogP contribution >= 0.6 is 0 Å². The van der Waals surface area contributed by atoms with Gasteiger partial charge in [-0.05, 0) is 43.4 Å². The molecule has 1 saturated carbocycles. The summed E-state index contributed by atoms with van der Waals surface area (Å²) in [6.07, 6.45) is 10.1. The topological polar surface area (TPSA) is 16.8 Å². The summed E-state index contributed by atoms with van der Waals surface area (Å²) in [5.74, 6) is -0.427. The number of hydrogen-bond donors (Lipinski definition) is 0. The highest BCUT2D eigenvalue weighted by atomic mass is 14.9. The van der Waals surface area contributed by atoms with Crippen molar-refractivity contribution in [1.82, 2.24) is 4.98 Å². The number of pyridine rings is 2. The fraction of sp³-hybridized carbons (Fsp3) is 0.412. The quantitative estimate of drug-likeness (QED) is 0.749. The van der Waals surface area contributed by atoms with E-state index in [-0.39, 0.29) is 0 Å². The average Bonchev–Trinajstić information content (AvgIpc) is 2.88. The molecule has 2 aromatic heterocycles. The van der Waals surface area contributed by atoms with Crippen molar-refractivity contribution in [2.45, 2.75) is 38.5 Å². The maximum Gasteiger partial charge on any atom is 0.216 e. The molecule has 0 bridgehead atoms. The zero-order valence-electron chi connectivity index (χ0n) is 12.7. The summed E-state index contributed by atoms with van der Waals surface area (Å²) in [4.78, 5) is 4.19. The second kappa shape index (κ2) is 5.12. The van der Waals surface area contributed by atoms with Crippen LogP contribution in [0, 0.1) is 6.92 Å². The Bertz CT molecular complexity index is 631. The molecule has 2 nitrogen and oxygen atoms in total. The molecule has 19 heavy (non-hydrogen) atoms. The number of aromatic nitrogens is 2. The Morgan fingerprint density at radius 2 is 2.11 bits per heavy atom. The van der Waals surface area contributed by atoms with Crippen molar-refractivity contribution < 1.29 is 5.94 Å². The minimum atomic E-state index is -0.427. The Morgan fingerprint density at radius 3 is 2.84 bits per heavy atom. The highest BCUT2D eigenvalue weighted by Crippen LogP contribution is 2.38. The summed E-state index contributed by atoms with van der Waals surface area (Å²) in [5, 5.41) is 0. The van der Waals surface area contributed by atoms with Gasteiger partial charge in [-0.2, -0.15) is 0 Å². The average molecular weight is 254 g/mol. The van der Waals surface area contributed by atoms with E-state index in [0.717, 1.165) is 36.8 Å². The molecular formula is C17H21N2+. The second-order valence-electron chi connectivity index (χ2n) is 5.38. The third kappa shape index (κ3) is 2.27. The maximum atomic E-state index is 8.85. The van der Waals surface area contributed by atoms with Crippen LogP contribution in [0.25, 0.3) is 11.3 Å². The summed E-state index contributed by atoms with van der Waals surface area (Å²) in [7, 11) is 2.07. The molecule has 0 aromatic carbocycles. The molecule has 0 N–H and O–H groups in total. The highest BCUT2D eigenvalue weighted by Gasteiger charge is 2.26. The highest BCUT2D eigenvalue weighted by molar-refractivity contribution is 5.64. The monoisotopic (exact) mass is 254 g/mol. The van der Waals surface area contributed by atoms with E-state index in [1.807, 2.05) is 12.4 Å². The standard InChI is InChI=1S/C17H21N2/c1-13-12-18-10-9-15(13)17-16(8-5-11-19(17)2)14-6-3-4-7-14/h5,8-12,14H,3-4,6-7H2,1-2H3/q+1/i14D. The Labute approximate surface area is 116 Å². The summed E-state index contributed by atoms with van der Waals surface area (Å²) in [6.45, 7) is 2.09. The van der Waals surface area contributed by atoms with Gasteiger partial charge in [-0.1, -0.05) is 12.8 Å². The Balaban J connectivity index is 2.23. The van der Waals surface area contributed by atoms with Gasteiger partial charge in [0.1, 0.15) is 7.05 Å². The summed E-state index contributed by atoms with van der Waals surface area (Å²) in [6, 6.07) is 6.25. The van der Waals surface area contributed by atoms with Crippen LogP contribution in [0.4, 0.5) is 0 Å². The van der Waals surface area contributed by atoms with Gasteiger partial charge in [-0.15, -0.1) is 0 Å². The lowest BCUT2D eigenvalue weighted by Crippen LogP contribution is -2.32. The van der Waals surface area contributed by atoms with Crippen molar-refractivity contribution in [2.75, 3.05) is 0 Å². The number of hydrogen-bond acceptors (Lipinski definition) is 1. The Kier molecular flexibility index (Phi) is 3.01. The van der Waals surface area contributed by atoms with Crippen molar-refractivity contribution in [2.24, 2.45) is 7.05 Å².